The molecular formula is C34H44N6O5. The van der Waals surface area contributed by atoms with Crippen molar-refractivity contribution in [1.82, 2.24) is 30.1 Å². The van der Waals surface area contributed by atoms with Gasteiger partial charge < -0.3 is 18.9 Å². The monoisotopic (exact) mass is 616 g/mol. The van der Waals surface area contributed by atoms with Gasteiger partial charge in [-0.25, -0.2) is 4.79 Å². The highest BCUT2D eigenvalue weighted by atomic mass is 16.6. The number of hydrogen-bond acceptors (Lipinski definition) is 9. The Balaban J connectivity index is 1.40. The van der Waals surface area contributed by atoms with Gasteiger partial charge in [0.2, 0.25) is 5.82 Å². The zero-order valence-electron chi connectivity index (χ0n) is 27.0. The Kier molecular flexibility index (Phi) is 9.09. The Morgan fingerprint density at radius 2 is 1.93 bits per heavy atom. The highest BCUT2D eigenvalue weighted by molar-refractivity contribution is 5.95. The minimum Gasteiger partial charge on any atom is -0.496 e. The molecule has 0 spiro atoms. The molecule has 1 fully saturated rings. The molecule has 0 radical (unpaired) electrons. The molecule has 11 heteroatoms. The van der Waals surface area contributed by atoms with Gasteiger partial charge in [-0.2, -0.15) is 5.21 Å². The molecule has 4 aromatic rings. The van der Waals surface area contributed by atoms with Gasteiger partial charge in [-0.15, -0.1) is 10.2 Å². The highest BCUT2D eigenvalue weighted by Crippen LogP contribution is 2.42. The van der Waals surface area contributed by atoms with Gasteiger partial charge in [0.25, 0.3) is 0 Å². The molecular weight excluding hydrogens is 572 g/mol. The smallest absolute Gasteiger partial charge is 0.419 e. The fourth-order valence-electron chi connectivity index (χ4n) is 6.57. The van der Waals surface area contributed by atoms with Gasteiger partial charge in [0.1, 0.15) is 17.1 Å². The summed E-state index contributed by atoms with van der Waals surface area (Å²) < 4.78 is 26.2. The number of methoxy groups -OCH3 is 1. The maximum Gasteiger partial charge on any atom is 0.419 e. The summed E-state index contributed by atoms with van der Waals surface area (Å²) in [6.45, 7) is 10.5. The van der Waals surface area contributed by atoms with E-state index in [2.05, 4.69) is 31.6 Å². The first-order valence-corrected chi connectivity index (χ1v) is 16.0. The van der Waals surface area contributed by atoms with E-state index in [9.17, 15) is 4.79 Å². The van der Waals surface area contributed by atoms with E-state index in [4.69, 9.17) is 18.9 Å². The molecule has 2 aliphatic rings. The number of fused-ring (bicyclic) bond motifs is 5. The molecule has 2 aromatic carbocycles. The number of H-pyrrole nitrogens is 1. The number of carbonyl (C=O) groups is 1. The molecule has 1 N–H and O–H groups in total. The van der Waals surface area contributed by atoms with Crippen molar-refractivity contribution in [3.8, 4) is 22.9 Å². The van der Waals surface area contributed by atoms with Crippen molar-refractivity contribution in [2.75, 3.05) is 26.9 Å². The van der Waals surface area contributed by atoms with Crippen LogP contribution in [-0.4, -0.2) is 74.8 Å². The SMILES string of the molecule is COc1cc(C)c2c(ccn2C(=O)OC(C)(C)C)c1CN1CC[C@H]2C[C@H]1c1ccc(-c3nn[nH]n3)cc1OCCCCCCO2. The summed E-state index contributed by atoms with van der Waals surface area (Å²) in [5.74, 6) is 2.17. The van der Waals surface area contributed by atoms with E-state index >= 15 is 0 Å². The van der Waals surface area contributed by atoms with Crippen molar-refractivity contribution in [3.63, 3.8) is 0 Å². The highest BCUT2D eigenvalue weighted by Gasteiger charge is 2.34. The van der Waals surface area contributed by atoms with E-state index in [0.29, 0.717) is 19.0 Å². The summed E-state index contributed by atoms with van der Waals surface area (Å²) >= 11 is 0. The van der Waals surface area contributed by atoms with Crippen LogP contribution in [0.2, 0.25) is 0 Å². The van der Waals surface area contributed by atoms with Crippen molar-refractivity contribution >= 4 is 17.0 Å². The predicted octanol–water partition coefficient (Wildman–Crippen LogP) is 6.60. The molecule has 2 atom stereocenters. The number of likely N-dealkylation sites (tertiary alicyclic amines) is 1. The Bertz CT molecular complexity index is 1630. The van der Waals surface area contributed by atoms with Crippen LogP contribution < -0.4 is 9.47 Å². The Morgan fingerprint density at radius 3 is 2.69 bits per heavy atom. The number of rotatable bonds is 4. The van der Waals surface area contributed by atoms with Crippen LogP contribution >= 0.6 is 0 Å². The summed E-state index contributed by atoms with van der Waals surface area (Å²) in [4.78, 5) is 15.7. The number of nitrogens with zero attached hydrogens (tertiary/aromatic N) is 5. The second-order valence-electron chi connectivity index (χ2n) is 13.1. The topological polar surface area (TPSA) is 117 Å². The number of aromatic amines is 1. The second-order valence-corrected chi connectivity index (χ2v) is 13.1. The standard InChI is InChI=1S/C34H44N6O5/c1-22-18-29(42-5)27(25-13-15-40(31(22)25)33(41)45-34(2,3)4)21-39-14-12-24-20-28(39)26-11-10-23(32-35-37-38-36-32)19-30(26)44-17-9-7-6-8-16-43-24/h10-11,13,15,18-19,24,28H,6-9,12,14,16-17,20-21H2,1-5H3,(H,35,36,37,38)/t24-,28-/m0/s1. The molecule has 0 unspecified atom stereocenters. The molecule has 240 valence electrons. The van der Waals surface area contributed by atoms with Gasteiger partial charge in [0.05, 0.1) is 25.3 Å². The zero-order valence-corrected chi connectivity index (χ0v) is 27.0. The van der Waals surface area contributed by atoms with E-state index in [0.717, 1.165) is 96.3 Å². The fraction of sp³-hybridized carbons (Fsp3) is 0.529. The number of ether oxygens (including phenoxy) is 4. The summed E-state index contributed by atoms with van der Waals surface area (Å²) in [6.07, 6.45) is 7.62. The van der Waals surface area contributed by atoms with Gasteiger partial charge in [-0.1, -0.05) is 18.6 Å². The molecule has 0 amide bonds. The lowest BCUT2D eigenvalue weighted by Crippen LogP contribution is -2.39. The van der Waals surface area contributed by atoms with Gasteiger partial charge in [0, 0.05) is 54.0 Å². The van der Waals surface area contributed by atoms with Crippen molar-refractivity contribution < 1.29 is 23.7 Å². The van der Waals surface area contributed by atoms with Crippen LogP contribution in [-0.2, 0) is 16.0 Å². The molecule has 45 heavy (non-hydrogen) atoms. The van der Waals surface area contributed by atoms with E-state index < -0.39 is 11.7 Å². The average Bonchev–Trinajstić information content (AvgIpc) is 3.71. The largest absolute Gasteiger partial charge is 0.496 e. The lowest BCUT2D eigenvalue weighted by Gasteiger charge is -2.40. The van der Waals surface area contributed by atoms with Gasteiger partial charge in [-0.3, -0.25) is 9.47 Å². The Hall–Kier alpha value is -3.96. The molecule has 2 aliphatic heterocycles. The number of benzene rings is 2. The molecule has 0 saturated carbocycles. The summed E-state index contributed by atoms with van der Waals surface area (Å²) in [5.41, 5.74) is 4.18. The molecule has 2 aromatic heterocycles. The van der Waals surface area contributed by atoms with Crippen molar-refractivity contribution in [2.45, 2.75) is 90.5 Å². The van der Waals surface area contributed by atoms with Crippen LogP contribution in [0.4, 0.5) is 4.79 Å². The minimum atomic E-state index is -0.602. The van der Waals surface area contributed by atoms with Gasteiger partial charge >= 0.3 is 6.09 Å². The molecule has 11 nitrogen and oxygen atoms in total. The van der Waals surface area contributed by atoms with E-state index in [1.165, 1.54) is 0 Å². The number of carbonyl (C=O) groups excluding carboxylic acids is 1. The third-order valence-corrected chi connectivity index (χ3v) is 8.69. The average molecular weight is 617 g/mol. The first-order chi connectivity index (χ1) is 21.7. The summed E-state index contributed by atoms with van der Waals surface area (Å²) in [7, 11) is 1.70. The molecule has 2 bridgehead atoms. The molecule has 6 rings (SSSR count). The Morgan fingerprint density at radius 1 is 1.11 bits per heavy atom. The fourth-order valence-corrected chi connectivity index (χ4v) is 6.57. The van der Waals surface area contributed by atoms with Crippen molar-refractivity contribution in [1.29, 1.82) is 0 Å². The lowest BCUT2D eigenvalue weighted by atomic mass is 9.90. The third-order valence-electron chi connectivity index (χ3n) is 8.69. The summed E-state index contributed by atoms with van der Waals surface area (Å²) in [6, 6.07) is 10.3. The number of hydrogen-bond donors (Lipinski definition) is 1. The second kappa shape index (κ2) is 13.2. The number of aryl methyl sites for hydroxylation is 1. The molecule has 4 heterocycles. The first kappa shape index (κ1) is 31.0. The quantitative estimate of drug-likeness (QED) is 0.271. The predicted molar refractivity (Wildman–Crippen MR) is 171 cm³/mol. The maximum atomic E-state index is 13.2. The minimum absolute atomic E-state index is 0.0350. The molecule has 0 aliphatic carbocycles. The lowest BCUT2D eigenvalue weighted by molar-refractivity contribution is -0.0203. The molecule has 1 saturated heterocycles. The van der Waals surface area contributed by atoms with Crippen molar-refractivity contribution in [3.05, 3.63) is 53.2 Å². The number of piperidine rings is 1. The van der Waals surface area contributed by atoms with Crippen LogP contribution in [0.1, 0.15) is 82.0 Å². The van der Waals surface area contributed by atoms with Crippen LogP contribution in [0.15, 0.2) is 36.5 Å². The van der Waals surface area contributed by atoms with Crippen LogP contribution in [0, 0.1) is 6.92 Å². The number of nitrogens with one attached hydrogen (secondary N) is 1. The van der Waals surface area contributed by atoms with E-state index in [1.54, 1.807) is 17.9 Å². The number of tetrazole rings is 1. The Labute approximate surface area is 264 Å². The van der Waals surface area contributed by atoms with Crippen LogP contribution in [0.25, 0.3) is 22.3 Å². The van der Waals surface area contributed by atoms with Gasteiger partial charge in [-0.05, 0) is 88.8 Å². The van der Waals surface area contributed by atoms with Crippen molar-refractivity contribution in [2.24, 2.45) is 0 Å². The first-order valence-electron chi connectivity index (χ1n) is 16.0. The summed E-state index contributed by atoms with van der Waals surface area (Å²) in [5, 5.41) is 15.7. The van der Waals surface area contributed by atoms with E-state index in [-0.39, 0.29) is 12.1 Å². The van der Waals surface area contributed by atoms with E-state index in [1.807, 2.05) is 52.0 Å². The van der Waals surface area contributed by atoms with Gasteiger partial charge in [0.15, 0.2) is 0 Å². The van der Waals surface area contributed by atoms with Crippen LogP contribution in [0.3, 0.4) is 0 Å². The third kappa shape index (κ3) is 6.84. The maximum absolute atomic E-state index is 13.2. The zero-order chi connectivity index (χ0) is 31.6. The van der Waals surface area contributed by atoms with Crippen LogP contribution in [0.5, 0.6) is 11.5 Å². The normalized spacial score (nSPS) is 19.9. The number of aromatic nitrogens is 5.